The summed E-state index contributed by atoms with van der Waals surface area (Å²) >= 11 is 3.05. The summed E-state index contributed by atoms with van der Waals surface area (Å²) in [4.78, 5) is 2.08. The Labute approximate surface area is 150 Å². The molecule has 2 aliphatic rings. The SMILES string of the molecule is Cl.O=S(=O)(c1cccc(Br)c1F)N1CCC(N2CCNCC2)C1. The Balaban J connectivity index is 0.00000192. The Morgan fingerprint density at radius 2 is 1.91 bits per heavy atom. The van der Waals surface area contributed by atoms with Crippen LogP contribution in [0.15, 0.2) is 27.6 Å². The third-order valence-electron chi connectivity index (χ3n) is 4.33. The lowest BCUT2D eigenvalue weighted by Crippen LogP contribution is -2.49. The van der Waals surface area contributed by atoms with E-state index in [0.29, 0.717) is 13.1 Å². The number of sulfonamides is 1. The number of nitrogens with zero attached hydrogens (tertiary/aromatic N) is 2. The maximum absolute atomic E-state index is 14.1. The van der Waals surface area contributed by atoms with Gasteiger partial charge in [-0.2, -0.15) is 4.31 Å². The predicted molar refractivity (Wildman–Crippen MR) is 93.0 cm³/mol. The smallest absolute Gasteiger partial charge is 0.246 e. The fraction of sp³-hybridized carbons (Fsp3) is 0.571. The second kappa shape index (κ2) is 7.76. The van der Waals surface area contributed by atoms with E-state index in [9.17, 15) is 12.8 Å². The van der Waals surface area contributed by atoms with Crippen LogP contribution >= 0.6 is 28.3 Å². The minimum atomic E-state index is -3.78. The highest BCUT2D eigenvalue weighted by Gasteiger charge is 2.36. The van der Waals surface area contributed by atoms with Gasteiger partial charge in [0.25, 0.3) is 0 Å². The van der Waals surface area contributed by atoms with Crippen molar-refractivity contribution in [3.8, 4) is 0 Å². The van der Waals surface area contributed by atoms with Gasteiger partial charge in [0.05, 0.1) is 4.47 Å². The molecule has 2 saturated heterocycles. The molecule has 9 heteroatoms. The van der Waals surface area contributed by atoms with Gasteiger partial charge in [-0.1, -0.05) is 6.07 Å². The molecule has 1 N–H and O–H groups in total. The van der Waals surface area contributed by atoms with E-state index in [2.05, 4.69) is 26.1 Å². The molecule has 0 aliphatic carbocycles. The highest BCUT2D eigenvalue weighted by atomic mass is 79.9. The minimum Gasteiger partial charge on any atom is -0.314 e. The maximum atomic E-state index is 14.1. The molecule has 1 aromatic rings. The van der Waals surface area contributed by atoms with Gasteiger partial charge in [0, 0.05) is 45.3 Å². The molecule has 1 unspecified atom stereocenters. The summed E-state index contributed by atoms with van der Waals surface area (Å²) in [5.41, 5.74) is 0. The quantitative estimate of drug-likeness (QED) is 0.796. The Morgan fingerprint density at radius 1 is 1.22 bits per heavy atom. The van der Waals surface area contributed by atoms with Gasteiger partial charge in [0.15, 0.2) is 5.82 Å². The van der Waals surface area contributed by atoms with Crippen molar-refractivity contribution in [3.63, 3.8) is 0 Å². The van der Waals surface area contributed by atoms with E-state index in [4.69, 9.17) is 0 Å². The molecule has 0 bridgehead atoms. The number of hydrogen-bond acceptors (Lipinski definition) is 4. The van der Waals surface area contributed by atoms with Gasteiger partial charge < -0.3 is 5.32 Å². The van der Waals surface area contributed by atoms with E-state index >= 15 is 0 Å². The first-order chi connectivity index (χ1) is 10.5. The first-order valence-electron chi connectivity index (χ1n) is 7.39. The second-order valence-corrected chi connectivity index (χ2v) is 8.40. The van der Waals surface area contributed by atoms with Crippen LogP contribution in [0.25, 0.3) is 0 Å². The van der Waals surface area contributed by atoms with Crippen LogP contribution in [0.2, 0.25) is 0 Å². The summed E-state index contributed by atoms with van der Waals surface area (Å²) in [6.07, 6.45) is 0.800. The van der Waals surface area contributed by atoms with Crippen molar-refractivity contribution in [1.29, 1.82) is 0 Å². The zero-order valence-electron chi connectivity index (χ0n) is 12.5. The number of benzene rings is 1. The highest BCUT2D eigenvalue weighted by molar-refractivity contribution is 9.10. The van der Waals surface area contributed by atoms with Gasteiger partial charge in [0.1, 0.15) is 4.90 Å². The van der Waals surface area contributed by atoms with Crippen molar-refractivity contribution in [2.75, 3.05) is 39.3 Å². The van der Waals surface area contributed by atoms with E-state index in [-0.39, 0.29) is 27.8 Å². The lowest BCUT2D eigenvalue weighted by molar-refractivity contribution is 0.179. The summed E-state index contributed by atoms with van der Waals surface area (Å²) in [5.74, 6) is -0.715. The van der Waals surface area contributed by atoms with Gasteiger partial charge in [-0.15, -0.1) is 12.4 Å². The fourth-order valence-electron chi connectivity index (χ4n) is 3.10. The van der Waals surface area contributed by atoms with Crippen LogP contribution < -0.4 is 5.32 Å². The lowest BCUT2D eigenvalue weighted by Gasteiger charge is -2.32. The van der Waals surface area contributed by atoms with Crippen molar-refractivity contribution < 1.29 is 12.8 Å². The van der Waals surface area contributed by atoms with Crippen molar-refractivity contribution >= 4 is 38.4 Å². The largest absolute Gasteiger partial charge is 0.314 e. The zero-order chi connectivity index (χ0) is 15.7. The monoisotopic (exact) mass is 427 g/mol. The van der Waals surface area contributed by atoms with Gasteiger partial charge >= 0.3 is 0 Å². The lowest BCUT2D eigenvalue weighted by atomic mass is 10.2. The first-order valence-corrected chi connectivity index (χ1v) is 9.62. The molecule has 2 fully saturated rings. The van der Waals surface area contributed by atoms with E-state index in [0.717, 1.165) is 32.6 Å². The maximum Gasteiger partial charge on any atom is 0.246 e. The van der Waals surface area contributed by atoms with Gasteiger partial charge in [0.2, 0.25) is 10.0 Å². The molecular weight excluding hydrogens is 409 g/mol. The molecular formula is C14H20BrClFN3O2S. The summed E-state index contributed by atoms with van der Waals surface area (Å²) in [5, 5.41) is 3.29. The second-order valence-electron chi connectivity index (χ2n) is 5.64. The number of piperazine rings is 1. The number of hydrogen-bond donors (Lipinski definition) is 1. The minimum absolute atomic E-state index is 0. The molecule has 0 spiro atoms. The van der Waals surface area contributed by atoms with E-state index in [1.54, 1.807) is 6.07 Å². The molecule has 1 aromatic carbocycles. The van der Waals surface area contributed by atoms with Gasteiger partial charge in [-0.3, -0.25) is 4.90 Å². The topological polar surface area (TPSA) is 52.7 Å². The normalized spacial score (nSPS) is 23.7. The number of rotatable bonds is 3. The summed E-state index contributed by atoms with van der Waals surface area (Å²) in [6, 6.07) is 4.60. The third-order valence-corrected chi connectivity index (χ3v) is 6.82. The molecule has 23 heavy (non-hydrogen) atoms. The standard InChI is InChI=1S/C14H19BrFN3O2S.ClH/c15-12-2-1-3-13(14(12)16)22(20,21)19-7-4-11(10-19)18-8-5-17-6-9-18;/h1-3,11,17H,4-10H2;1H. The molecule has 130 valence electrons. The number of nitrogens with one attached hydrogen (secondary N) is 1. The van der Waals surface area contributed by atoms with Crippen molar-refractivity contribution in [2.45, 2.75) is 17.4 Å². The Hall–Kier alpha value is -0.250. The average molecular weight is 429 g/mol. The van der Waals surface area contributed by atoms with E-state index in [1.807, 2.05) is 0 Å². The Morgan fingerprint density at radius 3 is 2.61 bits per heavy atom. The first kappa shape index (κ1) is 19.1. The van der Waals surface area contributed by atoms with Crippen LogP contribution in [0.5, 0.6) is 0 Å². The van der Waals surface area contributed by atoms with Gasteiger partial charge in [-0.05, 0) is 34.5 Å². The summed E-state index contributed by atoms with van der Waals surface area (Å²) in [6.45, 7) is 4.62. The van der Waals surface area contributed by atoms with Crippen molar-refractivity contribution in [2.24, 2.45) is 0 Å². The molecule has 0 saturated carbocycles. The molecule has 2 aliphatic heterocycles. The Bertz CT molecular complexity index is 655. The van der Waals surface area contributed by atoms with Crippen molar-refractivity contribution in [3.05, 3.63) is 28.5 Å². The highest BCUT2D eigenvalue weighted by Crippen LogP contribution is 2.28. The molecule has 1 atom stereocenters. The van der Waals surface area contributed by atoms with Gasteiger partial charge in [-0.25, -0.2) is 12.8 Å². The zero-order valence-corrected chi connectivity index (χ0v) is 15.8. The third kappa shape index (κ3) is 3.88. The summed E-state index contributed by atoms with van der Waals surface area (Å²) in [7, 11) is -3.78. The molecule has 2 heterocycles. The molecule has 0 radical (unpaired) electrons. The Kier molecular flexibility index (Phi) is 6.43. The van der Waals surface area contributed by atoms with Crippen molar-refractivity contribution in [1.82, 2.24) is 14.5 Å². The molecule has 3 rings (SSSR count). The molecule has 0 amide bonds. The number of halogens is 3. The predicted octanol–water partition coefficient (Wildman–Crippen LogP) is 1.68. The summed E-state index contributed by atoms with van der Waals surface area (Å²) < 4.78 is 41.1. The van der Waals surface area contributed by atoms with E-state index in [1.165, 1.54) is 16.4 Å². The van der Waals surface area contributed by atoms with Crippen LogP contribution in [0, 0.1) is 5.82 Å². The van der Waals surface area contributed by atoms with Crippen LogP contribution in [0.1, 0.15) is 6.42 Å². The van der Waals surface area contributed by atoms with Crippen LogP contribution in [-0.2, 0) is 10.0 Å². The molecule has 0 aromatic heterocycles. The average Bonchev–Trinajstić information content (AvgIpc) is 3.01. The fourth-order valence-corrected chi connectivity index (χ4v) is 5.17. The van der Waals surface area contributed by atoms with Crippen LogP contribution in [0.4, 0.5) is 4.39 Å². The molecule has 5 nitrogen and oxygen atoms in total. The van der Waals surface area contributed by atoms with Crippen LogP contribution in [-0.4, -0.2) is 62.9 Å². The van der Waals surface area contributed by atoms with E-state index < -0.39 is 15.8 Å². The van der Waals surface area contributed by atoms with Crippen LogP contribution in [0.3, 0.4) is 0 Å².